The van der Waals surface area contributed by atoms with E-state index in [-0.39, 0.29) is 12.5 Å². The molecule has 0 aromatic heterocycles. The lowest BCUT2D eigenvalue weighted by atomic mass is 9.97. The monoisotopic (exact) mass is 337 g/mol. The van der Waals surface area contributed by atoms with Crippen LogP contribution in [0.25, 0.3) is 6.08 Å². The Balaban J connectivity index is 1.82. The Hall–Kier alpha value is -1.13. The lowest BCUT2D eigenvalue weighted by Crippen LogP contribution is -2.30. The van der Waals surface area contributed by atoms with Gasteiger partial charge in [-0.15, -0.1) is 0 Å². The molecular weight excluding hydrogens is 318 g/mol. The van der Waals surface area contributed by atoms with Crippen molar-refractivity contribution in [1.82, 2.24) is 5.32 Å². The predicted molar refractivity (Wildman–Crippen MR) is 84.1 cm³/mol. The summed E-state index contributed by atoms with van der Waals surface area (Å²) in [5.74, 6) is 0.688. The standard InChI is InChI=1S/C16H20BrNO2/c17-15-7-2-1-4-12(15)8-9-16(20)18-10-13-5-3-6-14(13)11-19/h1-2,4,7-9,13-14,19H,3,5-6,10-11H2,(H,18,20). The third-order valence-electron chi connectivity index (χ3n) is 3.91. The van der Waals surface area contributed by atoms with Crippen molar-refractivity contribution in [3.05, 3.63) is 40.4 Å². The topological polar surface area (TPSA) is 49.3 Å². The number of hydrogen-bond acceptors (Lipinski definition) is 2. The molecule has 0 heterocycles. The summed E-state index contributed by atoms with van der Waals surface area (Å²) in [6, 6.07) is 7.78. The van der Waals surface area contributed by atoms with Gasteiger partial charge in [0.25, 0.3) is 0 Å². The number of halogens is 1. The quantitative estimate of drug-likeness (QED) is 0.811. The van der Waals surface area contributed by atoms with E-state index in [1.54, 1.807) is 12.2 Å². The Morgan fingerprint density at radius 1 is 1.35 bits per heavy atom. The molecule has 3 nitrogen and oxygen atoms in total. The Labute approximate surface area is 128 Å². The van der Waals surface area contributed by atoms with Gasteiger partial charge in [-0.25, -0.2) is 0 Å². The molecule has 2 atom stereocenters. The van der Waals surface area contributed by atoms with Crippen LogP contribution in [0.5, 0.6) is 0 Å². The zero-order chi connectivity index (χ0) is 14.4. The molecule has 1 aliphatic carbocycles. The maximum absolute atomic E-state index is 11.8. The van der Waals surface area contributed by atoms with Gasteiger partial charge in [0, 0.05) is 23.7 Å². The molecule has 108 valence electrons. The van der Waals surface area contributed by atoms with E-state index in [0.29, 0.717) is 18.4 Å². The minimum absolute atomic E-state index is 0.0793. The van der Waals surface area contributed by atoms with Crippen LogP contribution in [0.2, 0.25) is 0 Å². The van der Waals surface area contributed by atoms with Crippen molar-refractivity contribution < 1.29 is 9.90 Å². The van der Waals surface area contributed by atoms with Crippen molar-refractivity contribution in [1.29, 1.82) is 0 Å². The average molecular weight is 338 g/mol. The van der Waals surface area contributed by atoms with Crippen LogP contribution in [-0.4, -0.2) is 24.2 Å². The van der Waals surface area contributed by atoms with Gasteiger partial charge in [-0.05, 0) is 42.4 Å². The Morgan fingerprint density at radius 3 is 2.85 bits per heavy atom. The number of hydrogen-bond donors (Lipinski definition) is 2. The second-order valence-electron chi connectivity index (χ2n) is 5.23. The first-order valence-corrected chi connectivity index (χ1v) is 7.81. The normalized spacial score (nSPS) is 22.3. The lowest BCUT2D eigenvalue weighted by molar-refractivity contribution is -0.116. The van der Waals surface area contributed by atoms with Gasteiger partial charge in [-0.2, -0.15) is 0 Å². The SMILES string of the molecule is O=C(C=Cc1ccccc1Br)NCC1CCCC1CO. The van der Waals surface area contributed by atoms with Crippen LogP contribution in [-0.2, 0) is 4.79 Å². The van der Waals surface area contributed by atoms with Crippen molar-refractivity contribution >= 4 is 27.9 Å². The van der Waals surface area contributed by atoms with E-state index in [1.807, 2.05) is 24.3 Å². The molecule has 0 radical (unpaired) electrons. The van der Waals surface area contributed by atoms with E-state index in [0.717, 1.165) is 29.3 Å². The highest BCUT2D eigenvalue weighted by Gasteiger charge is 2.26. The third-order valence-corrected chi connectivity index (χ3v) is 4.63. The summed E-state index contributed by atoms with van der Waals surface area (Å²) in [5, 5.41) is 12.2. The summed E-state index contributed by atoms with van der Waals surface area (Å²) >= 11 is 3.45. The molecule has 1 amide bonds. The van der Waals surface area contributed by atoms with E-state index in [9.17, 15) is 9.90 Å². The van der Waals surface area contributed by atoms with E-state index < -0.39 is 0 Å². The first-order chi connectivity index (χ1) is 9.70. The second-order valence-corrected chi connectivity index (χ2v) is 6.09. The molecule has 2 unspecified atom stereocenters. The van der Waals surface area contributed by atoms with Crippen LogP contribution >= 0.6 is 15.9 Å². The van der Waals surface area contributed by atoms with E-state index >= 15 is 0 Å². The molecule has 2 N–H and O–H groups in total. The molecule has 0 spiro atoms. The van der Waals surface area contributed by atoms with Gasteiger partial charge in [0.05, 0.1) is 0 Å². The molecular formula is C16H20BrNO2. The molecule has 1 aromatic rings. The molecule has 2 rings (SSSR count). The zero-order valence-electron chi connectivity index (χ0n) is 11.4. The van der Waals surface area contributed by atoms with Crippen LogP contribution in [0, 0.1) is 11.8 Å². The smallest absolute Gasteiger partial charge is 0.244 e. The number of aliphatic hydroxyl groups is 1. The van der Waals surface area contributed by atoms with Crippen molar-refractivity contribution in [2.75, 3.05) is 13.2 Å². The molecule has 0 bridgehead atoms. The summed E-state index contributed by atoms with van der Waals surface area (Å²) < 4.78 is 0.972. The van der Waals surface area contributed by atoms with E-state index in [1.165, 1.54) is 0 Å². The first-order valence-electron chi connectivity index (χ1n) is 7.02. The van der Waals surface area contributed by atoms with Crippen molar-refractivity contribution in [3.8, 4) is 0 Å². The van der Waals surface area contributed by atoms with E-state index in [2.05, 4.69) is 21.2 Å². The molecule has 0 saturated heterocycles. The van der Waals surface area contributed by atoms with Gasteiger partial charge in [0.1, 0.15) is 0 Å². The summed E-state index contributed by atoms with van der Waals surface area (Å²) in [7, 11) is 0. The summed E-state index contributed by atoms with van der Waals surface area (Å²) in [5.41, 5.74) is 0.983. The van der Waals surface area contributed by atoms with Crippen LogP contribution in [0.15, 0.2) is 34.8 Å². The first kappa shape index (κ1) is 15.3. The highest BCUT2D eigenvalue weighted by Crippen LogP contribution is 2.30. The van der Waals surface area contributed by atoms with Crippen LogP contribution < -0.4 is 5.32 Å². The molecule has 0 aliphatic heterocycles. The number of benzene rings is 1. The minimum atomic E-state index is -0.0793. The van der Waals surface area contributed by atoms with Gasteiger partial charge in [-0.3, -0.25) is 4.79 Å². The van der Waals surface area contributed by atoms with Gasteiger partial charge in [0.15, 0.2) is 0 Å². The Morgan fingerprint density at radius 2 is 2.10 bits per heavy atom. The van der Waals surface area contributed by atoms with Gasteiger partial charge in [-0.1, -0.05) is 40.5 Å². The Kier molecular flexibility index (Phi) is 5.80. The molecule has 1 fully saturated rings. The number of nitrogens with one attached hydrogen (secondary N) is 1. The Bertz CT molecular complexity index is 487. The average Bonchev–Trinajstić information content (AvgIpc) is 2.91. The van der Waals surface area contributed by atoms with Crippen LogP contribution in [0.1, 0.15) is 24.8 Å². The van der Waals surface area contributed by atoms with E-state index in [4.69, 9.17) is 0 Å². The molecule has 1 aromatic carbocycles. The summed E-state index contributed by atoms with van der Waals surface area (Å²) in [4.78, 5) is 11.8. The van der Waals surface area contributed by atoms with Crippen LogP contribution in [0.3, 0.4) is 0 Å². The highest BCUT2D eigenvalue weighted by atomic mass is 79.9. The summed E-state index contributed by atoms with van der Waals surface area (Å²) in [6.07, 6.45) is 6.68. The maximum Gasteiger partial charge on any atom is 0.244 e. The number of aliphatic hydroxyl groups excluding tert-OH is 1. The molecule has 1 saturated carbocycles. The fourth-order valence-electron chi connectivity index (χ4n) is 2.69. The highest BCUT2D eigenvalue weighted by molar-refractivity contribution is 9.10. The lowest BCUT2D eigenvalue weighted by Gasteiger charge is -2.17. The summed E-state index contributed by atoms with van der Waals surface area (Å²) in [6.45, 7) is 0.887. The van der Waals surface area contributed by atoms with Gasteiger partial charge < -0.3 is 10.4 Å². The number of rotatable bonds is 5. The third kappa shape index (κ3) is 4.18. The molecule has 1 aliphatic rings. The number of amides is 1. The van der Waals surface area contributed by atoms with Gasteiger partial charge >= 0.3 is 0 Å². The van der Waals surface area contributed by atoms with Crippen LogP contribution in [0.4, 0.5) is 0 Å². The predicted octanol–water partition coefficient (Wildman–Crippen LogP) is 2.99. The fraction of sp³-hybridized carbons (Fsp3) is 0.438. The second kappa shape index (κ2) is 7.60. The van der Waals surface area contributed by atoms with Crippen molar-refractivity contribution in [2.45, 2.75) is 19.3 Å². The van der Waals surface area contributed by atoms with Crippen molar-refractivity contribution in [3.63, 3.8) is 0 Å². The number of carbonyl (C=O) groups is 1. The van der Waals surface area contributed by atoms with Crippen molar-refractivity contribution in [2.24, 2.45) is 11.8 Å². The maximum atomic E-state index is 11.8. The minimum Gasteiger partial charge on any atom is -0.396 e. The molecule has 4 heteroatoms. The molecule has 20 heavy (non-hydrogen) atoms. The largest absolute Gasteiger partial charge is 0.396 e. The van der Waals surface area contributed by atoms with Gasteiger partial charge in [0.2, 0.25) is 5.91 Å². The number of carbonyl (C=O) groups excluding carboxylic acids is 1. The zero-order valence-corrected chi connectivity index (χ0v) is 13.0. The fourth-order valence-corrected chi connectivity index (χ4v) is 3.11.